The topological polar surface area (TPSA) is 63.4 Å². The summed E-state index contributed by atoms with van der Waals surface area (Å²) in [5.74, 6) is -6.66. The van der Waals surface area contributed by atoms with Crippen molar-refractivity contribution in [1.82, 2.24) is 0 Å². The van der Waals surface area contributed by atoms with E-state index >= 15 is 0 Å². The second kappa shape index (κ2) is 3.17. The van der Waals surface area contributed by atoms with Crippen LogP contribution in [0.1, 0.15) is 5.56 Å². The van der Waals surface area contributed by atoms with E-state index in [1.165, 1.54) is 0 Å². The van der Waals surface area contributed by atoms with Gasteiger partial charge in [0.25, 0.3) is 0 Å². The Morgan fingerprint density at radius 1 is 1.21 bits per heavy atom. The Morgan fingerprint density at radius 2 is 1.71 bits per heavy atom. The van der Waals surface area contributed by atoms with Crippen molar-refractivity contribution in [1.29, 1.82) is 0 Å². The minimum absolute atomic E-state index is 0.699. The van der Waals surface area contributed by atoms with E-state index in [2.05, 4.69) is 0 Å². The fraction of sp³-hybridized carbons (Fsp3) is 0.143. The summed E-state index contributed by atoms with van der Waals surface area (Å²) in [5.41, 5.74) is -2.30. The molecule has 0 aliphatic carbocycles. The monoisotopic (exact) mass is 207 g/mol. The van der Waals surface area contributed by atoms with E-state index < -0.39 is 39.4 Å². The van der Waals surface area contributed by atoms with Crippen LogP contribution in [0.2, 0.25) is 0 Å². The van der Waals surface area contributed by atoms with Crippen LogP contribution < -0.4 is 0 Å². The van der Waals surface area contributed by atoms with Crippen LogP contribution in [-0.4, -0.2) is 10.0 Å². The van der Waals surface area contributed by atoms with Crippen LogP contribution in [0.5, 0.6) is 5.75 Å². The first-order chi connectivity index (χ1) is 6.37. The van der Waals surface area contributed by atoms with Crippen LogP contribution in [0, 0.1) is 34.5 Å². The predicted molar refractivity (Wildman–Crippen MR) is 39.4 cm³/mol. The molecule has 0 radical (unpaired) electrons. The van der Waals surface area contributed by atoms with Gasteiger partial charge in [0, 0.05) is 5.56 Å². The standard InChI is InChI=1S/C7H4F3NO3/c1-2-3(8)6(11(13)14)4(9)5(10)7(2)12/h12H,1H3. The van der Waals surface area contributed by atoms with Gasteiger partial charge in [-0.25, -0.2) is 0 Å². The molecule has 0 spiro atoms. The molecule has 0 unspecified atom stereocenters. The van der Waals surface area contributed by atoms with E-state index in [1.807, 2.05) is 0 Å². The molecule has 4 nitrogen and oxygen atoms in total. The number of rotatable bonds is 1. The number of phenols is 1. The van der Waals surface area contributed by atoms with Gasteiger partial charge in [0.05, 0.1) is 4.92 Å². The van der Waals surface area contributed by atoms with Crippen molar-refractivity contribution < 1.29 is 23.2 Å². The van der Waals surface area contributed by atoms with Crippen LogP contribution in [0.25, 0.3) is 0 Å². The van der Waals surface area contributed by atoms with Gasteiger partial charge in [-0.1, -0.05) is 0 Å². The molecule has 0 atom stereocenters. The molecule has 76 valence electrons. The Morgan fingerprint density at radius 3 is 2.14 bits per heavy atom. The largest absolute Gasteiger partial charge is 0.504 e. The molecule has 0 amide bonds. The zero-order valence-corrected chi connectivity index (χ0v) is 6.84. The summed E-state index contributed by atoms with van der Waals surface area (Å²) in [5, 5.41) is 18.9. The first-order valence-corrected chi connectivity index (χ1v) is 3.38. The SMILES string of the molecule is Cc1c(O)c(F)c(F)c([N+](=O)[O-])c1F. The molecule has 0 heterocycles. The average molecular weight is 207 g/mol. The Bertz CT molecular complexity index is 390. The van der Waals surface area contributed by atoms with Gasteiger partial charge in [0.2, 0.25) is 17.5 Å². The normalized spacial score (nSPS) is 10.3. The summed E-state index contributed by atoms with van der Waals surface area (Å²) < 4.78 is 38.4. The van der Waals surface area contributed by atoms with E-state index in [-0.39, 0.29) is 0 Å². The van der Waals surface area contributed by atoms with Gasteiger partial charge in [-0.05, 0) is 6.92 Å². The van der Waals surface area contributed by atoms with Gasteiger partial charge < -0.3 is 5.11 Å². The molecule has 7 heteroatoms. The highest BCUT2D eigenvalue weighted by atomic mass is 19.2. The average Bonchev–Trinajstić information content (AvgIpc) is 2.11. The fourth-order valence-electron chi connectivity index (χ4n) is 0.911. The maximum absolute atomic E-state index is 12.9. The van der Waals surface area contributed by atoms with Gasteiger partial charge in [0.1, 0.15) is 0 Å². The summed E-state index contributed by atoms with van der Waals surface area (Å²) in [6, 6.07) is 0. The van der Waals surface area contributed by atoms with Crippen LogP contribution in [0.15, 0.2) is 0 Å². The molecule has 0 bridgehead atoms. The van der Waals surface area contributed by atoms with Crippen molar-refractivity contribution in [2.24, 2.45) is 0 Å². The van der Waals surface area contributed by atoms with Crippen molar-refractivity contribution in [3.63, 3.8) is 0 Å². The number of aromatic hydroxyl groups is 1. The number of hydrogen-bond acceptors (Lipinski definition) is 3. The lowest BCUT2D eigenvalue weighted by Gasteiger charge is -2.03. The van der Waals surface area contributed by atoms with Crippen molar-refractivity contribution in [3.8, 4) is 5.75 Å². The highest BCUT2D eigenvalue weighted by Gasteiger charge is 2.30. The molecular formula is C7H4F3NO3. The van der Waals surface area contributed by atoms with E-state index in [0.717, 1.165) is 6.92 Å². The molecule has 0 aliphatic rings. The lowest BCUT2D eigenvalue weighted by atomic mass is 10.1. The van der Waals surface area contributed by atoms with Crippen molar-refractivity contribution >= 4 is 5.69 Å². The number of nitro benzene ring substituents is 1. The summed E-state index contributed by atoms with van der Waals surface area (Å²) >= 11 is 0. The lowest BCUT2D eigenvalue weighted by molar-refractivity contribution is -0.390. The van der Waals surface area contributed by atoms with Crippen LogP contribution in [-0.2, 0) is 0 Å². The zero-order valence-electron chi connectivity index (χ0n) is 6.84. The van der Waals surface area contributed by atoms with E-state index in [0.29, 0.717) is 0 Å². The Labute approximate surface area is 75.7 Å². The minimum atomic E-state index is -2.00. The van der Waals surface area contributed by atoms with Crippen molar-refractivity contribution in [2.75, 3.05) is 0 Å². The number of halogens is 3. The molecule has 1 rings (SSSR count). The number of benzene rings is 1. The zero-order chi connectivity index (χ0) is 11.0. The third kappa shape index (κ3) is 1.26. The molecule has 0 saturated carbocycles. The Kier molecular flexibility index (Phi) is 2.33. The van der Waals surface area contributed by atoms with Crippen LogP contribution in [0.3, 0.4) is 0 Å². The lowest BCUT2D eigenvalue weighted by Crippen LogP contribution is -2.02. The minimum Gasteiger partial charge on any atom is -0.504 e. The number of phenolic OH excluding ortho intramolecular Hbond substituents is 1. The summed E-state index contributed by atoms with van der Waals surface area (Å²) in [7, 11) is 0. The van der Waals surface area contributed by atoms with Gasteiger partial charge in [0.15, 0.2) is 5.75 Å². The highest BCUT2D eigenvalue weighted by Crippen LogP contribution is 2.33. The number of hydrogen-bond donors (Lipinski definition) is 1. The molecule has 0 aromatic heterocycles. The molecule has 1 aromatic carbocycles. The molecule has 1 aromatic rings. The summed E-state index contributed by atoms with van der Waals surface area (Å²) in [6.45, 7) is 0.903. The molecule has 0 aliphatic heterocycles. The highest BCUT2D eigenvalue weighted by molar-refractivity contribution is 5.46. The predicted octanol–water partition coefficient (Wildman–Crippen LogP) is 2.03. The van der Waals surface area contributed by atoms with Gasteiger partial charge in [-0.15, -0.1) is 0 Å². The van der Waals surface area contributed by atoms with Gasteiger partial charge in [-0.3, -0.25) is 10.1 Å². The quantitative estimate of drug-likeness (QED) is 0.435. The third-order valence-electron chi connectivity index (χ3n) is 1.68. The van der Waals surface area contributed by atoms with Crippen molar-refractivity contribution in [3.05, 3.63) is 33.1 Å². The first kappa shape index (κ1) is 10.3. The molecule has 1 N–H and O–H groups in total. The van der Waals surface area contributed by atoms with Crippen molar-refractivity contribution in [2.45, 2.75) is 6.92 Å². The third-order valence-corrected chi connectivity index (χ3v) is 1.68. The van der Waals surface area contributed by atoms with Gasteiger partial charge in [-0.2, -0.15) is 13.2 Å². The maximum atomic E-state index is 12.9. The summed E-state index contributed by atoms with van der Waals surface area (Å²) in [4.78, 5) is 8.75. The second-order valence-corrected chi connectivity index (χ2v) is 2.52. The van der Waals surface area contributed by atoms with E-state index in [1.54, 1.807) is 0 Å². The second-order valence-electron chi connectivity index (χ2n) is 2.52. The molecule has 0 saturated heterocycles. The van der Waals surface area contributed by atoms with E-state index in [9.17, 15) is 23.3 Å². The number of nitrogens with zero attached hydrogens (tertiary/aromatic N) is 1. The molecular weight excluding hydrogens is 203 g/mol. The van der Waals surface area contributed by atoms with Crippen LogP contribution >= 0.6 is 0 Å². The number of nitro groups is 1. The fourth-order valence-corrected chi connectivity index (χ4v) is 0.911. The smallest absolute Gasteiger partial charge is 0.343 e. The maximum Gasteiger partial charge on any atom is 0.343 e. The van der Waals surface area contributed by atoms with Crippen LogP contribution in [0.4, 0.5) is 18.9 Å². The Hall–Kier alpha value is -1.79. The first-order valence-electron chi connectivity index (χ1n) is 3.38. The molecule has 14 heavy (non-hydrogen) atoms. The molecule has 0 fully saturated rings. The Balaban J connectivity index is 3.68. The van der Waals surface area contributed by atoms with E-state index in [4.69, 9.17) is 5.11 Å². The van der Waals surface area contributed by atoms with Gasteiger partial charge >= 0.3 is 5.69 Å². The summed E-state index contributed by atoms with van der Waals surface area (Å²) in [6.07, 6.45) is 0.